The average molecular weight is 410 g/mol. The molecule has 2 atom stereocenters. The molecule has 2 aromatic rings. The first-order valence-corrected chi connectivity index (χ1v) is 10.8. The molecule has 1 aromatic carbocycles. The molecule has 2 aliphatic rings. The van der Waals surface area contributed by atoms with Gasteiger partial charge in [0.05, 0.1) is 0 Å². The molecule has 2 unspecified atom stereocenters. The quantitative estimate of drug-likeness (QED) is 0.650. The summed E-state index contributed by atoms with van der Waals surface area (Å²) in [5, 5.41) is 2.94. The van der Waals surface area contributed by atoms with E-state index < -0.39 is 0 Å². The van der Waals surface area contributed by atoms with Gasteiger partial charge in [0.1, 0.15) is 11.9 Å². The van der Waals surface area contributed by atoms with Crippen molar-refractivity contribution in [3.05, 3.63) is 59.9 Å². The standard InChI is InChI=1S/C23H31N5O2/c1-17-12-20(27-26-17)16-28-10-7-21(8-11-28)30-22-6-2-5-19(13-22)23(29)25-15-18-4-3-9-24-14-18/h2-6,9,13-14,17,20-21,26-27H,7-8,10-12,15-16H2,1H3,(H,25,29). The molecule has 160 valence electrons. The van der Waals surface area contributed by atoms with E-state index in [9.17, 15) is 4.79 Å². The highest BCUT2D eigenvalue weighted by Crippen LogP contribution is 2.21. The van der Waals surface area contributed by atoms with Gasteiger partial charge >= 0.3 is 0 Å². The van der Waals surface area contributed by atoms with Gasteiger partial charge in [-0.2, -0.15) is 0 Å². The van der Waals surface area contributed by atoms with Crippen LogP contribution in [0.25, 0.3) is 0 Å². The number of benzene rings is 1. The van der Waals surface area contributed by atoms with Crippen molar-refractivity contribution in [1.82, 2.24) is 26.1 Å². The second-order valence-electron chi connectivity index (χ2n) is 8.31. The summed E-state index contributed by atoms with van der Waals surface area (Å²) in [6.45, 7) is 5.84. The van der Waals surface area contributed by atoms with Crippen LogP contribution < -0.4 is 20.9 Å². The molecular weight excluding hydrogens is 378 g/mol. The third kappa shape index (κ3) is 5.78. The van der Waals surface area contributed by atoms with Crippen LogP contribution in [0, 0.1) is 0 Å². The number of hydrogen-bond donors (Lipinski definition) is 3. The first-order chi connectivity index (χ1) is 14.7. The summed E-state index contributed by atoms with van der Waals surface area (Å²) in [7, 11) is 0. The van der Waals surface area contributed by atoms with Crippen LogP contribution in [0.4, 0.5) is 0 Å². The molecule has 1 amide bonds. The highest BCUT2D eigenvalue weighted by molar-refractivity contribution is 5.94. The van der Waals surface area contributed by atoms with E-state index in [2.05, 4.69) is 33.0 Å². The van der Waals surface area contributed by atoms with Crippen LogP contribution >= 0.6 is 0 Å². The molecule has 2 aliphatic heterocycles. The molecule has 30 heavy (non-hydrogen) atoms. The van der Waals surface area contributed by atoms with Gasteiger partial charge in [0.2, 0.25) is 0 Å². The summed E-state index contributed by atoms with van der Waals surface area (Å²) < 4.78 is 6.20. The number of ether oxygens (including phenoxy) is 1. The number of likely N-dealkylation sites (tertiary alicyclic amines) is 1. The molecule has 0 bridgehead atoms. The van der Waals surface area contributed by atoms with Crippen molar-refractivity contribution in [2.75, 3.05) is 19.6 Å². The maximum absolute atomic E-state index is 12.5. The van der Waals surface area contributed by atoms with Crippen molar-refractivity contribution in [1.29, 1.82) is 0 Å². The lowest BCUT2D eigenvalue weighted by Gasteiger charge is -2.33. The molecular formula is C23H31N5O2. The predicted octanol–water partition coefficient (Wildman–Crippen LogP) is 2.11. The van der Waals surface area contributed by atoms with E-state index in [0.717, 1.165) is 43.8 Å². The van der Waals surface area contributed by atoms with Crippen LogP contribution in [0.2, 0.25) is 0 Å². The summed E-state index contributed by atoms with van der Waals surface area (Å²) in [5.74, 6) is 0.656. The summed E-state index contributed by atoms with van der Waals surface area (Å²) in [4.78, 5) is 19.1. The molecule has 2 fully saturated rings. The van der Waals surface area contributed by atoms with Crippen molar-refractivity contribution < 1.29 is 9.53 Å². The van der Waals surface area contributed by atoms with Crippen LogP contribution in [-0.2, 0) is 6.54 Å². The summed E-state index contributed by atoms with van der Waals surface area (Å²) >= 11 is 0. The minimum atomic E-state index is -0.106. The Hall–Kier alpha value is -2.48. The third-order valence-electron chi connectivity index (χ3n) is 5.76. The molecule has 0 aliphatic carbocycles. The van der Waals surface area contributed by atoms with Crippen LogP contribution in [0.3, 0.4) is 0 Å². The molecule has 7 heteroatoms. The Bertz CT molecular complexity index is 823. The Morgan fingerprint density at radius 3 is 2.83 bits per heavy atom. The Morgan fingerprint density at radius 1 is 1.23 bits per heavy atom. The lowest BCUT2D eigenvalue weighted by molar-refractivity contribution is 0.0930. The van der Waals surface area contributed by atoms with Crippen molar-refractivity contribution in [3.63, 3.8) is 0 Å². The van der Waals surface area contributed by atoms with Crippen molar-refractivity contribution >= 4 is 5.91 Å². The topological polar surface area (TPSA) is 78.5 Å². The minimum Gasteiger partial charge on any atom is -0.490 e. The number of piperidine rings is 1. The number of carbonyl (C=O) groups excluding carboxylic acids is 1. The van der Waals surface area contributed by atoms with Gasteiger partial charge in [0.15, 0.2) is 0 Å². The maximum Gasteiger partial charge on any atom is 0.251 e. The Morgan fingerprint density at radius 2 is 2.10 bits per heavy atom. The number of hydrogen-bond acceptors (Lipinski definition) is 6. The number of rotatable bonds is 7. The molecule has 3 N–H and O–H groups in total. The predicted molar refractivity (Wildman–Crippen MR) is 116 cm³/mol. The Kier molecular flexibility index (Phi) is 6.94. The normalized spacial score (nSPS) is 22.7. The summed E-state index contributed by atoms with van der Waals surface area (Å²) in [6.07, 6.45) is 6.86. The fourth-order valence-corrected chi connectivity index (χ4v) is 4.14. The van der Waals surface area contributed by atoms with E-state index in [4.69, 9.17) is 4.74 Å². The van der Waals surface area contributed by atoms with Crippen LogP contribution in [0.1, 0.15) is 42.1 Å². The van der Waals surface area contributed by atoms with E-state index in [-0.39, 0.29) is 12.0 Å². The first-order valence-electron chi connectivity index (χ1n) is 10.8. The highest BCUT2D eigenvalue weighted by Gasteiger charge is 2.26. The largest absolute Gasteiger partial charge is 0.490 e. The van der Waals surface area contributed by atoms with Crippen molar-refractivity contribution in [2.45, 2.75) is 50.9 Å². The van der Waals surface area contributed by atoms with Gasteiger partial charge in [-0.3, -0.25) is 20.6 Å². The highest BCUT2D eigenvalue weighted by atomic mass is 16.5. The number of pyridine rings is 1. The van der Waals surface area contributed by atoms with Crippen LogP contribution in [0.5, 0.6) is 5.75 Å². The van der Waals surface area contributed by atoms with E-state index in [1.54, 1.807) is 12.4 Å². The maximum atomic E-state index is 12.5. The fraction of sp³-hybridized carbons (Fsp3) is 0.478. The van der Waals surface area contributed by atoms with Gasteiger partial charge in [-0.1, -0.05) is 12.1 Å². The summed E-state index contributed by atoms with van der Waals surface area (Å²) in [6, 6.07) is 12.3. The average Bonchev–Trinajstić information content (AvgIpc) is 3.19. The molecule has 2 saturated heterocycles. The zero-order valence-electron chi connectivity index (χ0n) is 17.5. The molecule has 0 spiro atoms. The summed E-state index contributed by atoms with van der Waals surface area (Å²) in [5.41, 5.74) is 8.26. The van der Waals surface area contributed by atoms with E-state index in [1.807, 2.05) is 36.4 Å². The Labute approximate surface area is 178 Å². The second-order valence-corrected chi connectivity index (χ2v) is 8.31. The fourth-order valence-electron chi connectivity index (χ4n) is 4.14. The number of aromatic nitrogens is 1. The van der Waals surface area contributed by atoms with Gasteiger partial charge in [-0.05, 0) is 56.0 Å². The van der Waals surface area contributed by atoms with Gasteiger partial charge in [0, 0.05) is 56.2 Å². The third-order valence-corrected chi connectivity index (χ3v) is 5.76. The van der Waals surface area contributed by atoms with E-state index in [0.29, 0.717) is 24.2 Å². The lowest BCUT2D eigenvalue weighted by atomic mass is 10.1. The molecule has 3 heterocycles. The minimum absolute atomic E-state index is 0.106. The van der Waals surface area contributed by atoms with Gasteiger partial charge in [-0.25, -0.2) is 0 Å². The number of carbonyl (C=O) groups is 1. The van der Waals surface area contributed by atoms with Crippen LogP contribution in [-0.4, -0.2) is 53.6 Å². The first kappa shape index (κ1) is 20.8. The molecule has 4 rings (SSSR count). The van der Waals surface area contributed by atoms with Gasteiger partial charge in [0.25, 0.3) is 5.91 Å². The SMILES string of the molecule is CC1CC(CN2CCC(Oc3cccc(C(=O)NCc4cccnc4)c3)CC2)NN1. The number of amides is 1. The number of hydrazine groups is 1. The lowest BCUT2D eigenvalue weighted by Crippen LogP contribution is -2.45. The monoisotopic (exact) mass is 409 g/mol. The molecule has 0 radical (unpaired) electrons. The zero-order valence-corrected chi connectivity index (χ0v) is 17.5. The molecule has 1 aromatic heterocycles. The number of nitrogens with one attached hydrogen (secondary N) is 3. The smallest absolute Gasteiger partial charge is 0.251 e. The Balaban J connectivity index is 1.24. The van der Waals surface area contributed by atoms with E-state index >= 15 is 0 Å². The van der Waals surface area contributed by atoms with E-state index in [1.165, 1.54) is 6.42 Å². The zero-order chi connectivity index (χ0) is 20.8. The van der Waals surface area contributed by atoms with Crippen molar-refractivity contribution in [2.24, 2.45) is 0 Å². The van der Waals surface area contributed by atoms with Gasteiger partial charge in [-0.15, -0.1) is 0 Å². The van der Waals surface area contributed by atoms with Crippen LogP contribution in [0.15, 0.2) is 48.8 Å². The molecule has 7 nitrogen and oxygen atoms in total. The molecule has 0 saturated carbocycles. The number of nitrogens with zero attached hydrogens (tertiary/aromatic N) is 2. The van der Waals surface area contributed by atoms with Gasteiger partial charge < -0.3 is 15.0 Å². The van der Waals surface area contributed by atoms with Crippen molar-refractivity contribution in [3.8, 4) is 5.75 Å². The second kappa shape index (κ2) is 10.0.